The van der Waals surface area contributed by atoms with Gasteiger partial charge in [-0.05, 0) is 87.4 Å². The minimum absolute atomic E-state index is 0.0677. The van der Waals surface area contributed by atoms with E-state index in [0.29, 0.717) is 17.2 Å². The van der Waals surface area contributed by atoms with Gasteiger partial charge in [-0.15, -0.1) is 0 Å². The molecule has 1 aliphatic heterocycles. The van der Waals surface area contributed by atoms with Gasteiger partial charge in [0.2, 0.25) is 0 Å². The van der Waals surface area contributed by atoms with Crippen LogP contribution in [0, 0.1) is 26.6 Å². The second kappa shape index (κ2) is 10.8. The monoisotopic (exact) mass is 524 g/mol. The summed E-state index contributed by atoms with van der Waals surface area (Å²) in [6.45, 7) is 11.3. The Labute approximate surface area is 230 Å². The van der Waals surface area contributed by atoms with Crippen LogP contribution < -0.4 is 0 Å². The molecule has 1 amide bonds. The van der Waals surface area contributed by atoms with Gasteiger partial charge in [-0.2, -0.15) is 0 Å². The van der Waals surface area contributed by atoms with Crippen LogP contribution >= 0.6 is 0 Å². The van der Waals surface area contributed by atoms with Crippen molar-refractivity contribution in [1.82, 2.24) is 14.5 Å². The molecule has 3 aromatic carbocycles. The molecule has 0 aliphatic carbocycles. The average Bonchev–Trinajstić information content (AvgIpc) is 3.25. The number of aliphatic imine (C=N–C) groups is 1. The predicted molar refractivity (Wildman–Crippen MR) is 157 cm³/mol. The maximum absolute atomic E-state index is 14.6. The van der Waals surface area contributed by atoms with E-state index >= 15 is 0 Å². The molecule has 0 bridgehead atoms. The average molecular weight is 525 g/mol. The van der Waals surface area contributed by atoms with Crippen LogP contribution in [0.4, 0.5) is 10.1 Å². The fourth-order valence-corrected chi connectivity index (χ4v) is 5.68. The molecule has 1 aromatic heterocycles. The number of benzene rings is 3. The maximum Gasteiger partial charge on any atom is 0.253 e. The summed E-state index contributed by atoms with van der Waals surface area (Å²) in [5.74, 6) is 0.968. The summed E-state index contributed by atoms with van der Waals surface area (Å²) >= 11 is 0. The van der Waals surface area contributed by atoms with E-state index in [4.69, 9.17) is 4.98 Å². The van der Waals surface area contributed by atoms with Gasteiger partial charge in [-0.3, -0.25) is 9.79 Å². The molecule has 0 N–H and O–H groups in total. The van der Waals surface area contributed by atoms with Crippen molar-refractivity contribution in [3.05, 3.63) is 94.1 Å². The summed E-state index contributed by atoms with van der Waals surface area (Å²) < 4.78 is 16.6. The molecule has 1 fully saturated rings. The normalized spacial score (nSPS) is 15.7. The zero-order chi connectivity index (χ0) is 27.8. The fraction of sp³-hybridized carbons (Fsp3) is 0.364. The van der Waals surface area contributed by atoms with Crippen LogP contribution in [-0.4, -0.2) is 39.2 Å². The lowest BCUT2D eigenvalue weighted by Crippen LogP contribution is -2.37. The lowest BCUT2D eigenvalue weighted by atomic mass is 9.89. The summed E-state index contributed by atoms with van der Waals surface area (Å²) in [6, 6.07) is 18.0. The number of hydrogen-bond acceptors (Lipinski definition) is 3. The first kappa shape index (κ1) is 26.8. The van der Waals surface area contributed by atoms with Gasteiger partial charge in [0, 0.05) is 31.4 Å². The third-order valence-corrected chi connectivity index (χ3v) is 8.19. The maximum atomic E-state index is 14.6. The van der Waals surface area contributed by atoms with Gasteiger partial charge in [0.05, 0.1) is 17.0 Å². The number of carbonyl (C=O) groups excluding carboxylic acids is 1. The van der Waals surface area contributed by atoms with Crippen LogP contribution in [0.25, 0.3) is 11.0 Å². The predicted octanol–water partition coefficient (Wildman–Crippen LogP) is 7.55. The Hall–Kier alpha value is -3.80. The number of aryl methyl sites for hydroxylation is 4. The number of likely N-dealkylation sites (tertiary alicyclic amines) is 1. The Bertz CT molecular complexity index is 1540. The summed E-state index contributed by atoms with van der Waals surface area (Å²) in [5.41, 5.74) is 7.91. The zero-order valence-electron chi connectivity index (χ0n) is 23.8. The number of halogens is 1. The van der Waals surface area contributed by atoms with E-state index in [0.717, 1.165) is 59.6 Å². The summed E-state index contributed by atoms with van der Waals surface area (Å²) in [5, 5.41) is 0. The highest BCUT2D eigenvalue weighted by atomic mass is 19.1. The Morgan fingerprint density at radius 3 is 2.36 bits per heavy atom. The lowest BCUT2D eigenvalue weighted by molar-refractivity contribution is 0.0713. The van der Waals surface area contributed by atoms with Crippen molar-refractivity contribution in [2.75, 3.05) is 13.1 Å². The van der Waals surface area contributed by atoms with Crippen molar-refractivity contribution in [3.8, 4) is 0 Å². The number of piperidine rings is 1. The molecule has 6 heteroatoms. The minimum Gasteiger partial charge on any atom is -0.339 e. The molecule has 202 valence electrons. The Morgan fingerprint density at radius 2 is 1.69 bits per heavy atom. The van der Waals surface area contributed by atoms with Gasteiger partial charge in [0.15, 0.2) is 0 Å². The highest BCUT2D eigenvalue weighted by molar-refractivity contribution is 5.98. The molecule has 0 radical (unpaired) electrons. The molecule has 0 spiro atoms. The second-order valence-electron chi connectivity index (χ2n) is 11.1. The molecule has 0 saturated carbocycles. The number of carbonyl (C=O) groups is 1. The number of hydrogen-bond donors (Lipinski definition) is 0. The molecule has 4 aromatic rings. The SMILES string of the molecule is CC(=Nc1c(C)cc(C)cc1F)C(C)c1nc2ccc(C(=O)N3CCC(c4ccc(C)cc4)CC3)cc2n1C. The lowest BCUT2D eigenvalue weighted by Gasteiger charge is -2.32. The smallest absolute Gasteiger partial charge is 0.253 e. The first-order chi connectivity index (χ1) is 18.6. The molecular formula is C33H37FN4O. The van der Waals surface area contributed by atoms with Crippen LogP contribution in [0.1, 0.15) is 77.0 Å². The molecule has 1 saturated heterocycles. The van der Waals surface area contributed by atoms with E-state index in [-0.39, 0.29) is 17.6 Å². The van der Waals surface area contributed by atoms with Crippen molar-refractivity contribution in [2.24, 2.45) is 12.0 Å². The first-order valence-corrected chi connectivity index (χ1v) is 13.8. The van der Waals surface area contributed by atoms with Crippen molar-refractivity contribution in [3.63, 3.8) is 0 Å². The van der Waals surface area contributed by atoms with Crippen molar-refractivity contribution in [1.29, 1.82) is 0 Å². The highest BCUT2D eigenvalue weighted by Crippen LogP contribution is 2.31. The van der Waals surface area contributed by atoms with Crippen LogP contribution in [0.2, 0.25) is 0 Å². The molecule has 1 aliphatic rings. The van der Waals surface area contributed by atoms with Gasteiger partial charge >= 0.3 is 0 Å². The van der Waals surface area contributed by atoms with Crippen LogP contribution in [0.5, 0.6) is 0 Å². The largest absolute Gasteiger partial charge is 0.339 e. The first-order valence-electron chi connectivity index (χ1n) is 13.8. The molecule has 1 unspecified atom stereocenters. The summed E-state index contributed by atoms with van der Waals surface area (Å²) in [6.07, 6.45) is 1.95. The number of amides is 1. The number of rotatable bonds is 5. The highest BCUT2D eigenvalue weighted by Gasteiger charge is 2.25. The van der Waals surface area contributed by atoms with Gasteiger partial charge < -0.3 is 9.47 Å². The molecule has 5 rings (SSSR count). The molecule has 39 heavy (non-hydrogen) atoms. The van der Waals surface area contributed by atoms with Gasteiger partial charge in [-0.1, -0.05) is 42.8 Å². The third-order valence-electron chi connectivity index (χ3n) is 8.19. The molecular weight excluding hydrogens is 487 g/mol. The van der Waals surface area contributed by atoms with Gasteiger partial charge in [0.25, 0.3) is 5.91 Å². The van der Waals surface area contributed by atoms with E-state index in [9.17, 15) is 9.18 Å². The number of fused-ring (bicyclic) bond motifs is 1. The standard InChI is InChI=1S/C33H37FN4O/c1-20-7-9-25(10-8-20)26-13-15-38(16-14-26)33(39)27-11-12-29-30(19-27)37(6)32(36-29)23(4)24(5)35-31-22(3)17-21(2)18-28(31)34/h7-12,17-19,23,26H,13-16H2,1-6H3. The Kier molecular flexibility index (Phi) is 7.39. The number of imidazole rings is 1. The van der Waals surface area contributed by atoms with Crippen molar-refractivity contribution >= 4 is 28.3 Å². The second-order valence-corrected chi connectivity index (χ2v) is 11.1. The summed E-state index contributed by atoms with van der Waals surface area (Å²) in [4.78, 5) is 24.9. The van der Waals surface area contributed by atoms with E-state index in [1.807, 2.05) is 68.5 Å². The van der Waals surface area contributed by atoms with E-state index in [1.165, 1.54) is 17.2 Å². The van der Waals surface area contributed by atoms with Crippen LogP contribution in [-0.2, 0) is 7.05 Å². The van der Waals surface area contributed by atoms with Crippen molar-refractivity contribution < 1.29 is 9.18 Å². The zero-order valence-corrected chi connectivity index (χ0v) is 23.8. The quantitative estimate of drug-likeness (QED) is 0.253. The van der Waals surface area contributed by atoms with Crippen LogP contribution in [0.15, 0.2) is 59.6 Å². The van der Waals surface area contributed by atoms with Crippen molar-refractivity contribution in [2.45, 2.75) is 59.3 Å². The Morgan fingerprint density at radius 1 is 1.00 bits per heavy atom. The van der Waals surface area contributed by atoms with Gasteiger partial charge in [-0.25, -0.2) is 9.37 Å². The molecule has 2 heterocycles. The van der Waals surface area contributed by atoms with Gasteiger partial charge in [0.1, 0.15) is 17.3 Å². The van der Waals surface area contributed by atoms with Crippen LogP contribution in [0.3, 0.4) is 0 Å². The third kappa shape index (κ3) is 5.38. The Balaban J connectivity index is 1.34. The van der Waals surface area contributed by atoms with E-state index < -0.39 is 0 Å². The van der Waals surface area contributed by atoms with E-state index in [2.05, 4.69) is 36.2 Å². The number of nitrogens with zero attached hydrogens (tertiary/aromatic N) is 4. The molecule has 1 atom stereocenters. The number of aromatic nitrogens is 2. The minimum atomic E-state index is -0.310. The molecule has 5 nitrogen and oxygen atoms in total. The summed E-state index contributed by atoms with van der Waals surface area (Å²) in [7, 11) is 1.97. The topological polar surface area (TPSA) is 50.5 Å². The van der Waals surface area contributed by atoms with E-state index in [1.54, 1.807) is 0 Å². The fourth-order valence-electron chi connectivity index (χ4n) is 5.68.